The maximum Gasteiger partial charge on any atom is 0.471 e. The molecule has 0 bridgehead atoms. The second kappa shape index (κ2) is 8.84. The van der Waals surface area contributed by atoms with Crippen molar-refractivity contribution in [3.8, 4) is 5.75 Å². The zero-order valence-corrected chi connectivity index (χ0v) is 15.7. The van der Waals surface area contributed by atoms with Crippen LogP contribution in [-0.4, -0.2) is 60.6 Å². The smallest absolute Gasteiger partial charge is 0.471 e. The number of halogens is 3. The summed E-state index contributed by atoms with van der Waals surface area (Å²) in [5, 5.41) is 0. The van der Waals surface area contributed by atoms with Crippen LogP contribution in [0.4, 0.5) is 13.2 Å². The molecule has 28 heavy (non-hydrogen) atoms. The van der Waals surface area contributed by atoms with E-state index in [0.717, 1.165) is 23.5 Å². The van der Waals surface area contributed by atoms with E-state index in [1.54, 1.807) is 0 Å². The summed E-state index contributed by atoms with van der Waals surface area (Å²) in [6, 6.07) is 9.60. The number of para-hydroxylation sites is 1. The van der Waals surface area contributed by atoms with Crippen LogP contribution in [0.15, 0.2) is 30.3 Å². The number of rotatable bonds is 4. The lowest BCUT2D eigenvalue weighted by molar-refractivity contribution is -0.187. The molecule has 0 spiro atoms. The zero-order chi connectivity index (χ0) is 20.1. The van der Waals surface area contributed by atoms with Crippen molar-refractivity contribution in [2.45, 2.75) is 31.9 Å². The topological polar surface area (TPSA) is 49.9 Å². The summed E-state index contributed by atoms with van der Waals surface area (Å²) in [7, 11) is 0. The summed E-state index contributed by atoms with van der Waals surface area (Å²) in [5.41, 5.74) is 0. The fourth-order valence-electron chi connectivity index (χ4n) is 3.82. The molecule has 154 valence electrons. The first-order chi connectivity index (χ1) is 13.3. The van der Waals surface area contributed by atoms with Gasteiger partial charge in [0, 0.05) is 32.1 Å². The number of ether oxygens (including phenoxy) is 1. The lowest BCUT2D eigenvalue weighted by Crippen LogP contribution is -2.49. The quantitative estimate of drug-likeness (QED) is 0.783. The molecule has 5 nitrogen and oxygen atoms in total. The Balaban J connectivity index is 1.40. The van der Waals surface area contributed by atoms with Crippen LogP contribution in [0.5, 0.6) is 5.75 Å². The van der Waals surface area contributed by atoms with E-state index in [9.17, 15) is 22.8 Å². The zero-order valence-electron chi connectivity index (χ0n) is 15.7. The van der Waals surface area contributed by atoms with Crippen LogP contribution in [0.25, 0.3) is 0 Å². The van der Waals surface area contributed by atoms with Crippen molar-refractivity contribution in [1.82, 2.24) is 9.80 Å². The number of benzene rings is 1. The number of hydrogen-bond acceptors (Lipinski definition) is 3. The maximum absolute atomic E-state index is 12.7. The van der Waals surface area contributed by atoms with E-state index in [-0.39, 0.29) is 37.8 Å². The van der Waals surface area contributed by atoms with Crippen molar-refractivity contribution < 1.29 is 27.5 Å². The predicted octanol–water partition coefficient (Wildman–Crippen LogP) is 3.10. The van der Waals surface area contributed by atoms with Gasteiger partial charge in [-0.2, -0.15) is 13.2 Å². The Hall–Kier alpha value is -2.25. The molecular weight excluding hydrogens is 373 g/mol. The van der Waals surface area contributed by atoms with Crippen molar-refractivity contribution in [3.63, 3.8) is 0 Å². The average Bonchev–Trinajstić information content (AvgIpc) is 2.72. The van der Waals surface area contributed by atoms with Gasteiger partial charge < -0.3 is 14.5 Å². The summed E-state index contributed by atoms with van der Waals surface area (Å²) in [6.45, 7) is 1.86. The summed E-state index contributed by atoms with van der Waals surface area (Å²) >= 11 is 0. The second-order valence-electron chi connectivity index (χ2n) is 7.46. The monoisotopic (exact) mass is 398 g/mol. The van der Waals surface area contributed by atoms with E-state index in [1.165, 1.54) is 0 Å². The largest absolute Gasteiger partial charge is 0.493 e. The van der Waals surface area contributed by atoms with Gasteiger partial charge in [-0.25, -0.2) is 0 Å². The van der Waals surface area contributed by atoms with E-state index in [4.69, 9.17) is 4.74 Å². The Kier molecular flexibility index (Phi) is 6.46. The van der Waals surface area contributed by atoms with Gasteiger partial charge in [0.2, 0.25) is 5.91 Å². The summed E-state index contributed by atoms with van der Waals surface area (Å²) in [5.74, 6) is -0.884. The Morgan fingerprint density at radius 3 is 2.07 bits per heavy atom. The summed E-state index contributed by atoms with van der Waals surface area (Å²) < 4.78 is 43.3. The van der Waals surface area contributed by atoms with Gasteiger partial charge in [0.25, 0.3) is 0 Å². The van der Waals surface area contributed by atoms with Crippen LogP contribution in [0, 0.1) is 11.8 Å². The maximum atomic E-state index is 12.7. The van der Waals surface area contributed by atoms with E-state index >= 15 is 0 Å². The minimum Gasteiger partial charge on any atom is -0.493 e. The molecule has 0 saturated carbocycles. The van der Waals surface area contributed by atoms with E-state index in [1.807, 2.05) is 35.2 Å². The molecule has 2 aliphatic rings. The lowest BCUT2D eigenvalue weighted by Gasteiger charge is -2.37. The standard InChI is InChI=1S/C20H25F3N2O3/c21-20(22,23)19(27)25-12-8-16(9-13-25)18(26)24-10-6-15(7-11-24)14-28-17-4-2-1-3-5-17/h1-5,15-16H,6-14H2. The number of amides is 2. The molecule has 0 unspecified atom stereocenters. The highest BCUT2D eigenvalue weighted by Crippen LogP contribution is 2.27. The molecule has 0 aromatic heterocycles. The average molecular weight is 398 g/mol. The molecular formula is C20H25F3N2O3. The molecule has 1 aromatic carbocycles. The first-order valence-electron chi connectivity index (χ1n) is 9.67. The first-order valence-corrected chi connectivity index (χ1v) is 9.67. The van der Waals surface area contributed by atoms with Gasteiger partial charge in [-0.3, -0.25) is 9.59 Å². The van der Waals surface area contributed by atoms with Crippen LogP contribution in [0.3, 0.4) is 0 Å². The predicted molar refractivity (Wildman–Crippen MR) is 96.6 cm³/mol. The number of nitrogens with zero attached hydrogens (tertiary/aromatic N) is 2. The Morgan fingerprint density at radius 1 is 0.929 bits per heavy atom. The minimum absolute atomic E-state index is 0.00142. The third-order valence-corrected chi connectivity index (χ3v) is 5.53. The fourth-order valence-corrected chi connectivity index (χ4v) is 3.82. The van der Waals surface area contributed by atoms with Gasteiger partial charge in [0.1, 0.15) is 5.75 Å². The molecule has 0 radical (unpaired) electrons. The molecule has 0 atom stereocenters. The van der Waals surface area contributed by atoms with E-state index in [2.05, 4.69) is 0 Å². The molecule has 0 aliphatic carbocycles. The molecule has 2 saturated heterocycles. The molecule has 2 fully saturated rings. The van der Waals surface area contributed by atoms with Crippen LogP contribution in [0.2, 0.25) is 0 Å². The molecule has 2 aliphatic heterocycles. The number of likely N-dealkylation sites (tertiary alicyclic amines) is 2. The highest BCUT2D eigenvalue weighted by molar-refractivity contribution is 5.83. The summed E-state index contributed by atoms with van der Waals surface area (Å²) in [4.78, 5) is 26.6. The first kappa shape index (κ1) is 20.5. The Labute approximate surface area is 162 Å². The van der Waals surface area contributed by atoms with Gasteiger partial charge in [0.05, 0.1) is 6.61 Å². The third kappa shape index (κ3) is 5.17. The van der Waals surface area contributed by atoms with Crippen LogP contribution in [-0.2, 0) is 9.59 Å². The Morgan fingerprint density at radius 2 is 1.50 bits per heavy atom. The Bertz CT molecular complexity index is 665. The molecule has 0 N–H and O–H groups in total. The van der Waals surface area contributed by atoms with Crippen LogP contribution < -0.4 is 4.74 Å². The van der Waals surface area contributed by atoms with Gasteiger partial charge >= 0.3 is 12.1 Å². The second-order valence-corrected chi connectivity index (χ2v) is 7.46. The van der Waals surface area contributed by atoms with Crippen molar-refractivity contribution in [2.24, 2.45) is 11.8 Å². The summed E-state index contributed by atoms with van der Waals surface area (Å²) in [6.07, 6.45) is -2.57. The number of alkyl halides is 3. The third-order valence-electron chi connectivity index (χ3n) is 5.53. The van der Waals surface area contributed by atoms with Crippen molar-refractivity contribution >= 4 is 11.8 Å². The normalized spacial score (nSPS) is 19.5. The van der Waals surface area contributed by atoms with Gasteiger partial charge in [-0.05, 0) is 43.7 Å². The molecule has 3 rings (SSSR count). The molecule has 8 heteroatoms. The number of hydrogen-bond donors (Lipinski definition) is 0. The highest BCUT2D eigenvalue weighted by atomic mass is 19.4. The van der Waals surface area contributed by atoms with E-state index < -0.39 is 12.1 Å². The van der Waals surface area contributed by atoms with Crippen molar-refractivity contribution in [2.75, 3.05) is 32.8 Å². The SMILES string of the molecule is O=C(C1CCN(C(=O)C(F)(F)F)CC1)N1CCC(COc2ccccc2)CC1. The van der Waals surface area contributed by atoms with Gasteiger partial charge in [-0.1, -0.05) is 18.2 Å². The number of piperidine rings is 2. The van der Waals surface area contributed by atoms with Crippen LogP contribution in [0.1, 0.15) is 25.7 Å². The van der Waals surface area contributed by atoms with E-state index in [0.29, 0.717) is 25.6 Å². The molecule has 2 heterocycles. The molecule has 2 amide bonds. The van der Waals surface area contributed by atoms with Crippen molar-refractivity contribution in [1.29, 1.82) is 0 Å². The number of carbonyl (C=O) groups excluding carboxylic acids is 2. The molecule has 1 aromatic rings. The lowest BCUT2D eigenvalue weighted by atomic mass is 9.92. The highest BCUT2D eigenvalue weighted by Gasteiger charge is 2.44. The minimum atomic E-state index is -4.85. The van der Waals surface area contributed by atoms with Crippen LogP contribution >= 0.6 is 0 Å². The number of carbonyl (C=O) groups is 2. The van der Waals surface area contributed by atoms with Gasteiger partial charge in [-0.15, -0.1) is 0 Å². The van der Waals surface area contributed by atoms with Gasteiger partial charge in [0.15, 0.2) is 0 Å². The fraction of sp³-hybridized carbons (Fsp3) is 0.600. The van der Waals surface area contributed by atoms with Crippen molar-refractivity contribution in [3.05, 3.63) is 30.3 Å².